The molecule has 2 amide bonds. The molecule has 136 valence electrons. The van der Waals surface area contributed by atoms with Crippen molar-refractivity contribution in [3.63, 3.8) is 0 Å². The zero-order chi connectivity index (χ0) is 17.7. The Kier molecular flexibility index (Phi) is 6.74. The first-order valence-corrected chi connectivity index (χ1v) is 8.76. The fourth-order valence-corrected chi connectivity index (χ4v) is 3.30. The molecule has 2 aliphatic rings. The molecule has 2 saturated heterocycles. The van der Waals surface area contributed by atoms with Crippen molar-refractivity contribution in [2.24, 2.45) is 17.6 Å². The van der Waals surface area contributed by atoms with Crippen LogP contribution in [0.1, 0.15) is 39.5 Å². The van der Waals surface area contributed by atoms with Crippen molar-refractivity contribution >= 4 is 17.6 Å². The quantitative estimate of drug-likeness (QED) is 0.690. The van der Waals surface area contributed by atoms with Gasteiger partial charge in [-0.15, -0.1) is 0 Å². The third-order valence-corrected chi connectivity index (χ3v) is 5.12. The zero-order valence-electron chi connectivity index (χ0n) is 14.7. The smallest absolute Gasteiger partial charge is 0.224 e. The average molecular weight is 339 g/mol. The van der Waals surface area contributed by atoms with Gasteiger partial charge in [0.2, 0.25) is 11.8 Å². The summed E-state index contributed by atoms with van der Waals surface area (Å²) in [5.41, 5.74) is 5.25. The lowest BCUT2D eigenvalue weighted by Gasteiger charge is -2.33. The van der Waals surface area contributed by atoms with E-state index in [1.165, 1.54) is 0 Å². The second kappa shape index (κ2) is 8.58. The Hall–Kier alpha value is -1.47. The molecule has 2 N–H and O–H groups in total. The summed E-state index contributed by atoms with van der Waals surface area (Å²) in [7, 11) is 0. The van der Waals surface area contributed by atoms with Gasteiger partial charge in [0.25, 0.3) is 0 Å². The molecule has 7 nitrogen and oxygen atoms in total. The van der Waals surface area contributed by atoms with Gasteiger partial charge in [0.05, 0.1) is 25.9 Å². The number of nitrogens with two attached hydrogens (primary N) is 1. The highest BCUT2D eigenvalue weighted by Gasteiger charge is 2.32. The van der Waals surface area contributed by atoms with Gasteiger partial charge in [-0.1, -0.05) is 13.8 Å². The van der Waals surface area contributed by atoms with E-state index in [1.54, 1.807) is 0 Å². The van der Waals surface area contributed by atoms with E-state index in [-0.39, 0.29) is 35.5 Å². The van der Waals surface area contributed by atoms with Crippen LogP contribution in [0, 0.1) is 11.8 Å². The summed E-state index contributed by atoms with van der Waals surface area (Å²) in [6, 6.07) is 0.0758. The summed E-state index contributed by atoms with van der Waals surface area (Å²) >= 11 is 0. The van der Waals surface area contributed by atoms with E-state index in [1.807, 2.05) is 23.6 Å². The van der Waals surface area contributed by atoms with Crippen molar-refractivity contribution in [2.45, 2.75) is 45.6 Å². The topological polar surface area (TPSA) is 92.9 Å². The van der Waals surface area contributed by atoms with Gasteiger partial charge in [0.15, 0.2) is 0 Å². The van der Waals surface area contributed by atoms with E-state index in [9.17, 15) is 14.4 Å². The van der Waals surface area contributed by atoms with E-state index in [4.69, 9.17) is 10.5 Å². The largest absolute Gasteiger partial charge is 0.379 e. The fourth-order valence-electron chi connectivity index (χ4n) is 3.30. The number of primary amides is 1. The van der Waals surface area contributed by atoms with Crippen molar-refractivity contribution in [3.05, 3.63) is 0 Å². The number of rotatable bonds is 8. The van der Waals surface area contributed by atoms with Gasteiger partial charge in [-0.25, -0.2) is 0 Å². The monoisotopic (exact) mass is 339 g/mol. The van der Waals surface area contributed by atoms with Crippen molar-refractivity contribution < 1.29 is 19.1 Å². The summed E-state index contributed by atoms with van der Waals surface area (Å²) in [5, 5.41) is 0. The summed E-state index contributed by atoms with van der Waals surface area (Å²) in [4.78, 5) is 39.3. The Morgan fingerprint density at radius 3 is 2.58 bits per heavy atom. The Balaban J connectivity index is 1.95. The van der Waals surface area contributed by atoms with Crippen LogP contribution in [0.5, 0.6) is 0 Å². The molecule has 2 fully saturated rings. The van der Waals surface area contributed by atoms with Crippen LogP contribution in [0.3, 0.4) is 0 Å². The van der Waals surface area contributed by atoms with Crippen LogP contribution in [0.4, 0.5) is 0 Å². The molecular weight excluding hydrogens is 310 g/mol. The van der Waals surface area contributed by atoms with Gasteiger partial charge < -0.3 is 15.4 Å². The van der Waals surface area contributed by atoms with Crippen molar-refractivity contribution in [1.29, 1.82) is 0 Å². The van der Waals surface area contributed by atoms with Crippen LogP contribution in [0.2, 0.25) is 0 Å². The number of hydrogen-bond donors (Lipinski definition) is 1. The van der Waals surface area contributed by atoms with Gasteiger partial charge >= 0.3 is 0 Å². The highest BCUT2D eigenvalue weighted by Crippen LogP contribution is 2.22. The highest BCUT2D eigenvalue weighted by atomic mass is 16.5. The number of Topliss-reactive ketones (excluding diaryl/α,β-unsaturated/α-hetero) is 1. The van der Waals surface area contributed by atoms with Gasteiger partial charge in [-0.3, -0.25) is 19.3 Å². The molecule has 24 heavy (non-hydrogen) atoms. The normalized spacial score (nSPS) is 24.1. The Labute approximate surface area is 143 Å². The Bertz CT molecular complexity index is 476. The second-order valence-electron chi connectivity index (χ2n) is 7.19. The second-order valence-corrected chi connectivity index (χ2v) is 7.19. The van der Waals surface area contributed by atoms with E-state index < -0.39 is 0 Å². The number of hydrogen-bond acceptors (Lipinski definition) is 5. The molecule has 3 atom stereocenters. The van der Waals surface area contributed by atoms with Gasteiger partial charge in [0, 0.05) is 32.4 Å². The van der Waals surface area contributed by atoms with Crippen LogP contribution in [-0.4, -0.2) is 66.4 Å². The molecule has 0 aromatic heterocycles. The van der Waals surface area contributed by atoms with Gasteiger partial charge in [0.1, 0.15) is 5.78 Å². The maximum Gasteiger partial charge on any atom is 0.224 e. The minimum atomic E-state index is -0.335. The molecule has 2 aliphatic heterocycles. The number of nitrogens with zero attached hydrogens (tertiary/aromatic N) is 2. The summed E-state index contributed by atoms with van der Waals surface area (Å²) in [5.74, 6) is 0.108. The van der Waals surface area contributed by atoms with Crippen LogP contribution in [-0.2, 0) is 19.1 Å². The Morgan fingerprint density at radius 2 is 2.04 bits per heavy atom. The van der Waals surface area contributed by atoms with Crippen molar-refractivity contribution in [1.82, 2.24) is 9.80 Å². The molecule has 0 aromatic rings. The number of ether oxygens (including phenoxy) is 1. The van der Waals surface area contributed by atoms with Crippen LogP contribution in [0.25, 0.3) is 0 Å². The minimum Gasteiger partial charge on any atom is -0.379 e. The maximum absolute atomic E-state index is 12.8. The molecule has 0 spiro atoms. The molecule has 3 unspecified atom stereocenters. The standard InChI is InChI=1S/C17H29N3O4/c1-12(7-16(18)22)13(2)8-17(23)20(14-4-6-24-10-14)11-19-5-3-15(21)9-19/h12-14H,3-11H2,1-2H3,(H2,18,22). The lowest BCUT2D eigenvalue weighted by molar-refractivity contribution is -0.138. The molecule has 0 aromatic carbocycles. The van der Waals surface area contributed by atoms with E-state index in [0.717, 1.165) is 6.42 Å². The first kappa shape index (κ1) is 18.9. The molecule has 2 heterocycles. The predicted molar refractivity (Wildman–Crippen MR) is 88.9 cm³/mol. The first-order chi connectivity index (χ1) is 11.4. The maximum atomic E-state index is 12.8. The molecule has 0 bridgehead atoms. The number of carbonyl (C=O) groups is 3. The van der Waals surface area contributed by atoms with E-state index in [2.05, 4.69) is 0 Å². The zero-order valence-corrected chi connectivity index (χ0v) is 14.7. The number of likely N-dealkylation sites (tertiary alicyclic amines) is 1. The third-order valence-electron chi connectivity index (χ3n) is 5.12. The first-order valence-electron chi connectivity index (χ1n) is 8.76. The molecule has 7 heteroatoms. The van der Waals surface area contributed by atoms with Crippen molar-refractivity contribution in [3.8, 4) is 0 Å². The third kappa shape index (κ3) is 5.27. The number of carbonyl (C=O) groups excluding carboxylic acids is 3. The average Bonchev–Trinajstić information content (AvgIpc) is 3.15. The van der Waals surface area contributed by atoms with Gasteiger partial charge in [-0.2, -0.15) is 0 Å². The molecule has 2 rings (SSSR count). The molecule has 0 saturated carbocycles. The lowest BCUT2D eigenvalue weighted by atomic mass is 9.89. The SMILES string of the molecule is CC(CC(N)=O)C(C)CC(=O)N(CN1CCC(=O)C1)C1CCOC1. The molecule has 0 radical (unpaired) electrons. The van der Waals surface area contributed by atoms with E-state index >= 15 is 0 Å². The van der Waals surface area contributed by atoms with Crippen LogP contribution < -0.4 is 5.73 Å². The predicted octanol–water partition coefficient (Wildman–Crippen LogP) is 0.374. The molecular formula is C17H29N3O4. The number of ketones is 1. The Morgan fingerprint density at radius 1 is 1.33 bits per heavy atom. The summed E-state index contributed by atoms with van der Waals surface area (Å²) in [6.45, 7) is 6.77. The van der Waals surface area contributed by atoms with Gasteiger partial charge in [-0.05, 0) is 18.3 Å². The lowest BCUT2D eigenvalue weighted by Crippen LogP contribution is -2.47. The van der Waals surface area contributed by atoms with E-state index in [0.29, 0.717) is 52.2 Å². The van der Waals surface area contributed by atoms with Crippen LogP contribution >= 0.6 is 0 Å². The summed E-state index contributed by atoms with van der Waals surface area (Å²) in [6.07, 6.45) is 2.07. The fraction of sp³-hybridized carbons (Fsp3) is 0.824. The highest BCUT2D eigenvalue weighted by molar-refractivity contribution is 5.82. The van der Waals surface area contributed by atoms with Crippen molar-refractivity contribution in [2.75, 3.05) is 33.0 Å². The number of amides is 2. The molecule has 0 aliphatic carbocycles. The minimum absolute atomic E-state index is 0.0636. The summed E-state index contributed by atoms with van der Waals surface area (Å²) < 4.78 is 5.44. The van der Waals surface area contributed by atoms with Crippen LogP contribution in [0.15, 0.2) is 0 Å².